The number of nitrogens with one attached hydrogen (secondary N) is 1. The molecule has 0 aromatic heterocycles. The summed E-state index contributed by atoms with van der Waals surface area (Å²) in [6, 6.07) is -0.256. The van der Waals surface area contributed by atoms with Gasteiger partial charge in [0.15, 0.2) is 9.84 Å². The van der Waals surface area contributed by atoms with Crippen LogP contribution in [0.15, 0.2) is 0 Å². The largest absolute Gasteiger partial charge is 0.391 e. The third-order valence-electron chi connectivity index (χ3n) is 5.07. The van der Waals surface area contributed by atoms with E-state index in [1.807, 2.05) is 20.8 Å². The molecule has 2 rings (SSSR count). The first kappa shape index (κ1) is 16.7. The van der Waals surface area contributed by atoms with Gasteiger partial charge < -0.3 is 10.4 Å². The van der Waals surface area contributed by atoms with Crippen molar-refractivity contribution in [1.82, 2.24) is 5.32 Å². The summed E-state index contributed by atoms with van der Waals surface area (Å²) in [5, 5.41) is 12.4. The molecule has 2 bridgehead atoms. The second-order valence-electron chi connectivity index (χ2n) is 6.84. The maximum atomic E-state index is 12.4. The monoisotopic (exact) mass is 317 g/mol. The summed E-state index contributed by atoms with van der Waals surface area (Å²) in [5.41, 5.74) is 0. The van der Waals surface area contributed by atoms with Gasteiger partial charge in [0, 0.05) is 5.92 Å². The zero-order valence-electron chi connectivity index (χ0n) is 13.1. The van der Waals surface area contributed by atoms with E-state index in [1.165, 1.54) is 0 Å². The van der Waals surface area contributed by atoms with Crippen molar-refractivity contribution >= 4 is 15.7 Å². The lowest BCUT2D eigenvalue weighted by atomic mass is 9.94. The standard InChI is InChI=1S/C15H27NO4S/c1-4-13(14(17)9(2)3)16-15(18)10-7-11-5-6-12(8-10)21(11,19)20/h9-14,17H,4-8H2,1-3H3,(H,16,18)/t10?,11-,12+,13?,14?. The first-order valence-electron chi connectivity index (χ1n) is 7.98. The molecule has 2 N–H and O–H groups in total. The molecule has 2 saturated heterocycles. The summed E-state index contributed by atoms with van der Waals surface area (Å²) in [7, 11) is -2.99. The van der Waals surface area contributed by atoms with Crippen LogP contribution in [0.2, 0.25) is 0 Å². The van der Waals surface area contributed by atoms with Crippen molar-refractivity contribution in [2.24, 2.45) is 11.8 Å². The minimum atomic E-state index is -2.99. The van der Waals surface area contributed by atoms with Crippen molar-refractivity contribution in [3.63, 3.8) is 0 Å². The highest BCUT2D eigenvalue weighted by Gasteiger charge is 2.48. The molecule has 5 atom stereocenters. The Labute approximate surface area is 127 Å². The van der Waals surface area contributed by atoms with Crippen LogP contribution in [0.1, 0.15) is 52.9 Å². The lowest BCUT2D eigenvalue weighted by Gasteiger charge is -2.31. The fraction of sp³-hybridized carbons (Fsp3) is 0.933. The van der Waals surface area contributed by atoms with Gasteiger partial charge in [0.25, 0.3) is 0 Å². The summed E-state index contributed by atoms with van der Waals surface area (Å²) >= 11 is 0. The summed E-state index contributed by atoms with van der Waals surface area (Å²) in [6.45, 7) is 5.78. The molecule has 2 fully saturated rings. The fourth-order valence-corrected chi connectivity index (χ4v) is 6.09. The van der Waals surface area contributed by atoms with Gasteiger partial charge in [-0.3, -0.25) is 4.79 Å². The van der Waals surface area contributed by atoms with Gasteiger partial charge in [0.05, 0.1) is 22.6 Å². The summed E-state index contributed by atoms with van der Waals surface area (Å²) < 4.78 is 24.1. The Kier molecular flexibility index (Phi) is 4.98. The zero-order chi connectivity index (χ0) is 15.8. The van der Waals surface area contributed by atoms with Crippen molar-refractivity contribution < 1.29 is 18.3 Å². The number of aliphatic hydroxyl groups excluding tert-OH is 1. The van der Waals surface area contributed by atoms with Crippen LogP contribution < -0.4 is 5.32 Å². The Hall–Kier alpha value is -0.620. The third kappa shape index (κ3) is 3.26. The van der Waals surface area contributed by atoms with E-state index in [9.17, 15) is 18.3 Å². The second-order valence-corrected chi connectivity index (χ2v) is 9.35. The Balaban J connectivity index is 1.99. The number of carbonyl (C=O) groups is 1. The predicted octanol–water partition coefficient (Wildman–Crippen LogP) is 1.25. The molecule has 3 unspecified atom stereocenters. The number of carbonyl (C=O) groups excluding carboxylic acids is 1. The van der Waals surface area contributed by atoms with Gasteiger partial charge in [-0.15, -0.1) is 0 Å². The second kappa shape index (κ2) is 6.24. The summed E-state index contributed by atoms with van der Waals surface area (Å²) in [5.74, 6) is -0.231. The van der Waals surface area contributed by atoms with Crippen LogP contribution >= 0.6 is 0 Å². The van der Waals surface area contributed by atoms with E-state index in [0.717, 1.165) is 0 Å². The fourth-order valence-electron chi connectivity index (χ4n) is 3.62. The van der Waals surface area contributed by atoms with E-state index in [4.69, 9.17) is 0 Å². The normalized spacial score (nSPS) is 33.7. The Morgan fingerprint density at radius 2 is 1.76 bits per heavy atom. The molecular weight excluding hydrogens is 290 g/mol. The van der Waals surface area contributed by atoms with Crippen LogP contribution in [0.5, 0.6) is 0 Å². The van der Waals surface area contributed by atoms with E-state index >= 15 is 0 Å². The van der Waals surface area contributed by atoms with Gasteiger partial charge in [-0.25, -0.2) is 8.42 Å². The Morgan fingerprint density at radius 1 is 1.24 bits per heavy atom. The predicted molar refractivity (Wildman–Crippen MR) is 81.5 cm³/mol. The van der Waals surface area contributed by atoms with E-state index in [0.29, 0.717) is 32.1 Å². The van der Waals surface area contributed by atoms with Crippen molar-refractivity contribution in [2.75, 3.05) is 0 Å². The van der Waals surface area contributed by atoms with Gasteiger partial charge in [-0.05, 0) is 38.0 Å². The van der Waals surface area contributed by atoms with Gasteiger partial charge >= 0.3 is 0 Å². The van der Waals surface area contributed by atoms with Crippen molar-refractivity contribution in [1.29, 1.82) is 0 Å². The SMILES string of the molecule is CCC(NC(=O)C1C[C@H]2CC[C@@H](C1)S2(=O)=O)C(O)C(C)C. The lowest BCUT2D eigenvalue weighted by Crippen LogP contribution is -2.49. The Bertz CT molecular complexity index is 468. The van der Waals surface area contributed by atoms with Gasteiger partial charge in [0.2, 0.25) is 5.91 Å². The summed E-state index contributed by atoms with van der Waals surface area (Å²) in [4.78, 5) is 12.4. The van der Waals surface area contributed by atoms with Crippen molar-refractivity contribution in [3.8, 4) is 0 Å². The number of sulfone groups is 1. The minimum absolute atomic E-state index is 0.0816. The first-order valence-corrected chi connectivity index (χ1v) is 9.59. The van der Waals surface area contributed by atoms with Gasteiger partial charge in [-0.2, -0.15) is 0 Å². The average molecular weight is 317 g/mol. The van der Waals surface area contributed by atoms with E-state index in [1.54, 1.807) is 0 Å². The topological polar surface area (TPSA) is 83.5 Å². The number of hydrogen-bond acceptors (Lipinski definition) is 4. The number of aliphatic hydroxyl groups is 1. The molecule has 1 amide bonds. The molecule has 2 heterocycles. The van der Waals surface area contributed by atoms with Crippen LogP contribution in [0.25, 0.3) is 0 Å². The highest BCUT2D eigenvalue weighted by molar-refractivity contribution is 7.93. The molecule has 122 valence electrons. The van der Waals surface area contributed by atoms with Crippen LogP contribution in [0, 0.1) is 11.8 Å². The minimum Gasteiger partial charge on any atom is -0.391 e. The lowest BCUT2D eigenvalue weighted by molar-refractivity contribution is -0.127. The molecule has 6 heteroatoms. The Morgan fingerprint density at radius 3 is 2.19 bits per heavy atom. The van der Waals surface area contributed by atoms with Crippen LogP contribution in [0.3, 0.4) is 0 Å². The molecule has 2 aliphatic heterocycles. The highest BCUT2D eigenvalue weighted by atomic mass is 32.2. The van der Waals surface area contributed by atoms with Gasteiger partial charge in [0.1, 0.15) is 0 Å². The zero-order valence-corrected chi connectivity index (χ0v) is 13.9. The van der Waals surface area contributed by atoms with Crippen LogP contribution in [0.4, 0.5) is 0 Å². The van der Waals surface area contributed by atoms with E-state index in [-0.39, 0.29) is 34.3 Å². The molecular formula is C15H27NO4S. The number of fused-ring (bicyclic) bond motifs is 2. The van der Waals surface area contributed by atoms with Crippen molar-refractivity contribution in [2.45, 2.75) is 75.5 Å². The van der Waals surface area contributed by atoms with E-state index in [2.05, 4.69) is 5.32 Å². The molecule has 2 aliphatic rings. The molecule has 0 aromatic rings. The van der Waals surface area contributed by atoms with Gasteiger partial charge in [-0.1, -0.05) is 20.8 Å². The smallest absolute Gasteiger partial charge is 0.223 e. The molecule has 21 heavy (non-hydrogen) atoms. The highest BCUT2D eigenvalue weighted by Crippen LogP contribution is 2.41. The van der Waals surface area contributed by atoms with Crippen LogP contribution in [-0.2, 0) is 14.6 Å². The molecule has 0 aliphatic carbocycles. The molecule has 0 spiro atoms. The average Bonchev–Trinajstić information content (AvgIpc) is 2.62. The maximum Gasteiger partial charge on any atom is 0.223 e. The quantitative estimate of drug-likeness (QED) is 0.799. The number of rotatable bonds is 5. The number of amides is 1. The van der Waals surface area contributed by atoms with Crippen molar-refractivity contribution in [3.05, 3.63) is 0 Å². The van der Waals surface area contributed by atoms with Crippen LogP contribution in [-0.4, -0.2) is 42.1 Å². The first-order chi connectivity index (χ1) is 9.77. The molecule has 5 nitrogen and oxygen atoms in total. The third-order valence-corrected chi connectivity index (χ3v) is 7.78. The van der Waals surface area contributed by atoms with E-state index < -0.39 is 15.9 Å². The maximum absolute atomic E-state index is 12.4. The molecule has 0 saturated carbocycles. The number of hydrogen-bond donors (Lipinski definition) is 2. The molecule has 0 aromatic carbocycles. The summed E-state index contributed by atoms with van der Waals surface area (Å²) in [6.07, 6.45) is 2.38. The molecule has 0 radical (unpaired) electrons.